The highest BCUT2D eigenvalue weighted by Crippen LogP contribution is 2.18. The molecule has 0 radical (unpaired) electrons. The first-order valence-electron chi connectivity index (χ1n) is 8.98. The van der Waals surface area contributed by atoms with Crippen molar-refractivity contribution in [3.8, 4) is 11.5 Å². The van der Waals surface area contributed by atoms with Gasteiger partial charge in [-0.15, -0.1) is 0 Å². The van der Waals surface area contributed by atoms with Crippen molar-refractivity contribution in [3.05, 3.63) is 70.8 Å². The maximum Gasteiger partial charge on any atom is 0.254 e. The third-order valence-electron chi connectivity index (χ3n) is 4.26. The summed E-state index contributed by atoms with van der Waals surface area (Å²) in [5.74, 6) is -0.885. The van der Waals surface area contributed by atoms with Gasteiger partial charge in [0.05, 0.1) is 12.8 Å². The Bertz CT molecular complexity index is 978. The third kappa shape index (κ3) is 5.41. The lowest BCUT2D eigenvalue weighted by Crippen LogP contribution is -2.19. The van der Waals surface area contributed by atoms with E-state index in [1.807, 2.05) is 0 Å². The van der Waals surface area contributed by atoms with Crippen LogP contribution < -0.4 is 10.6 Å². The molecule has 0 bridgehead atoms. The third-order valence-corrected chi connectivity index (χ3v) is 4.26. The van der Waals surface area contributed by atoms with Gasteiger partial charge in [-0.2, -0.15) is 0 Å². The molecular weight excluding hydrogens is 388 g/mol. The summed E-state index contributed by atoms with van der Waals surface area (Å²) < 4.78 is 0. The maximum absolute atomic E-state index is 11.2. The number of phenolic OH excluding ortho intramolecular Hbond substituents is 2. The van der Waals surface area contributed by atoms with Crippen LogP contribution in [0.4, 0.5) is 0 Å². The highest BCUT2D eigenvalue weighted by atomic mass is 16.3. The van der Waals surface area contributed by atoms with Gasteiger partial charge in [-0.05, 0) is 47.5 Å². The number of nitrogens with one attached hydrogen (secondary N) is 2. The summed E-state index contributed by atoms with van der Waals surface area (Å²) >= 11 is 0. The van der Waals surface area contributed by atoms with Gasteiger partial charge in [-0.25, -0.2) is 0 Å². The predicted molar refractivity (Wildman–Crippen MR) is 108 cm³/mol. The van der Waals surface area contributed by atoms with Crippen LogP contribution in [0.2, 0.25) is 0 Å². The second kappa shape index (κ2) is 8.87. The normalized spacial score (nSPS) is 18.3. The van der Waals surface area contributed by atoms with Gasteiger partial charge in [0.25, 0.3) is 11.8 Å². The van der Waals surface area contributed by atoms with Crippen molar-refractivity contribution < 1.29 is 29.4 Å². The molecule has 4 amide bonds. The Kier molecular flexibility index (Phi) is 6.07. The number of phenols is 2. The van der Waals surface area contributed by atoms with E-state index >= 15 is 0 Å². The Balaban J connectivity index is 0.000000171. The van der Waals surface area contributed by atoms with E-state index < -0.39 is 0 Å². The van der Waals surface area contributed by atoms with Gasteiger partial charge in [-0.3, -0.25) is 29.8 Å². The Morgan fingerprint density at radius 3 is 1.20 bits per heavy atom. The molecule has 0 aromatic heterocycles. The lowest BCUT2D eigenvalue weighted by atomic mass is 10.1. The van der Waals surface area contributed by atoms with Crippen LogP contribution in [0, 0.1) is 0 Å². The number of imide groups is 2. The fraction of sp³-hybridized carbons (Fsp3) is 0.0909. The van der Waals surface area contributed by atoms with Gasteiger partial charge in [0.15, 0.2) is 0 Å². The van der Waals surface area contributed by atoms with E-state index in [2.05, 4.69) is 10.6 Å². The zero-order valence-corrected chi connectivity index (χ0v) is 15.7. The number of benzene rings is 2. The summed E-state index contributed by atoms with van der Waals surface area (Å²) in [4.78, 5) is 44.2. The van der Waals surface area contributed by atoms with Crippen molar-refractivity contribution >= 4 is 35.8 Å². The second-order valence-electron chi connectivity index (χ2n) is 6.63. The van der Waals surface area contributed by atoms with Crippen molar-refractivity contribution in [1.82, 2.24) is 10.6 Å². The number of hydrogen-bond acceptors (Lipinski definition) is 6. The molecule has 0 saturated carbocycles. The number of carbonyl (C=O) groups excluding carboxylic acids is 4. The molecule has 2 aromatic carbocycles. The minimum atomic E-state index is -0.340. The van der Waals surface area contributed by atoms with Crippen LogP contribution in [0.25, 0.3) is 12.2 Å². The number of rotatable bonds is 2. The Hall–Kier alpha value is -4.20. The summed E-state index contributed by atoms with van der Waals surface area (Å²) in [7, 11) is 0. The Labute approximate surface area is 171 Å². The zero-order chi connectivity index (χ0) is 21.7. The molecule has 0 atom stereocenters. The number of carbonyl (C=O) groups is 4. The number of amides is 4. The lowest BCUT2D eigenvalue weighted by molar-refractivity contribution is -0.125. The minimum absolute atomic E-state index is 0.125. The van der Waals surface area contributed by atoms with Crippen molar-refractivity contribution in [3.63, 3.8) is 0 Å². The fourth-order valence-electron chi connectivity index (χ4n) is 2.79. The average Bonchev–Trinajstić information content (AvgIpc) is 3.19. The fourth-order valence-corrected chi connectivity index (χ4v) is 2.79. The van der Waals surface area contributed by atoms with E-state index in [9.17, 15) is 19.2 Å². The summed E-state index contributed by atoms with van der Waals surface area (Å²) in [6.45, 7) is 0. The second-order valence-corrected chi connectivity index (χ2v) is 6.63. The average molecular weight is 406 g/mol. The van der Waals surface area contributed by atoms with E-state index in [4.69, 9.17) is 10.2 Å². The standard InChI is InChI=1S/2C11H9NO3/c2*13-9-3-1-7(2-4-9)5-8-6-10(14)12-11(8)15/h2*1-5,13H,6H2,(H,12,14,15)/b2*8-5+. The van der Waals surface area contributed by atoms with Gasteiger partial charge >= 0.3 is 0 Å². The summed E-state index contributed by atoms with van der Waals surface area (Å²) in [5.41, 5.74) is 2.47. The maximum atomic E-state index is 11.2. The molecule has 2 aliphatic heterocycles. The van der Waals surface area contributed by atoms with Crippen LogP contribution in [-0.2, 0) is 19.2 Å². The summed E-state index contributed by atoms with van der Waals surface area (Å²) in [6, 6.07) is 12.8. The zero-order valence-electron chi connectivity index (χ0n) is 15.7. The van der Waals surface area contributed by atoms with Crippen LogP contribution in [0.15, 0.2) is 59.7 Å². The summed E-state index contributed by atoms with van der Waals surface area (Å²) in [6.07, 6.45) is 3.53. The van der Waals surface area contributed by atoms with E-state index in [1.54, 1.807) is 36.4 Å². The molecule has 2 aromatic rings. The van der Waals surface area contributed by atoms with Crippen molar-refractivity contribution in [2.45, 2.75) is 12.8 Å². The van der Waals surface area contributed by atoms with Crippen LogP contribution in [-0.4, -0.2) is 33.8 Å². The van der Waals surface area contributed by atoms with Crippen LogP contribution in [0.5, 0.6) is 11.5 Å². The summed E-state index contributed by atoms with van der Waals surface area (Å²) in [5, 5.41) is 22.5. The van der Waals surface area contributed by atoms with Gasteiger partial charge in [0, 0.05) is 11.1 Å². The van der Waals surface area contributed by atoms with E-state index in [-0.39, 0.29) is 48.0 Å². The van der Waals surface area contributed by atoms with Crippen molar-refractivity contribution in [2.24, 2.45) is 0 Å². The smallest absolute Gasteiger partial charge is 0.254 e. The minimum Gasteiger partial charge on any atom is -0.508 e. The molecule has 8 nitrogen and oxygen atoms in total. The van der Waals surface area contributed by atoms with Gasteiger partial charge < -0.3 is 10.2 Å². The molecule has 2 aliphatic rings. The highest BCUT2D eigenvalue weighted by molar-refractivity contribution is 6.16. The Morgan fingerprint density at radius 2 is 0.933 bits per heavy atom. The molecule has 4 rings (SSSR count). The number of aromatic hydroxyl groups is 2. The molecule has 152 valence electrons. The molecule has 30 heavy (non-hydrogen) atoms. The first kappa shape index (κ1) is 20.5. The van der Waals surface area contributed by atoms with Gasteiger partial charge in [0.1, 0.15) is 11.5 Å². The molecule has 0 aliphatic carbocycles. The molecule has 0 spiro atoms. The van der Waals surface area contributed by atoms with Crippen LogP contribution in [0.3, 0.4) is 0 Å². The van der Waals surface area contributed by atoms with Crippen molar-refractivity contribution in [2.75, 3.05) is 0 Å². The van der Waals surface area contributed by atoms with E-state index in [0.29, 0.717) is 11.1 Å². The molecular formula is C22H18N2O6. The quantitative estimate of drug-likeness (QED) is 0.443. The predicted octanol–water partition coefficient (Wildman–Crippen LogP) is 1.64. The van der Waals surface area contributed by atoms with Crippen LogP contribution in [0.1, 0.15) is 24.0 Å². The van der Waals surface area contributed by atoms with Gasteiger partial charge in [0.2, 0.25) is 11.8 Å². The monoisotopic (exact) mass is 406 g/mol. The molecule has 4 N–H and O–H groups in total. The first-order chi connectivity index (χ1) is 14.3. The van der Waals surface area contributed by atoms with Crippen LogP contribution >= 0.6 is 0 Å². The van der Waals surface area contributed by atoms with Crippen molar-refractivity contribution in [1.29, 1.82) is 0 Å². The molecule has 2 fully saturated rings. The lowest BCUT2D eigenvalue weighted by Gasteiger charge is -1.95. The molecule has 8 heteroatoms. The van der Waals surface area contributed by atoms with E-state index in [0.717, 1.165) is 11.1 Å². The molecule has 2 saturated heterocycles. The highest BCUT2D eigenvalue weighted by Gasteiger charge is 2.24. The topological polar surface area (TPSA) is 133 Å². The van der Waals surface area contributed by atoms with Gasteiger partial charge in [-0.1, -0.05) is 24.3 Å². The Morgan fingerprint density at radius 1 is 0.600 bits per heavy atom. The van der Waals surface area contributed by atoms with E-state index in [1.165, 1.54) is 24.3 Å². The first-order valence-corrected chi connectivity index (χ1v) is 8.98. The molecule has 2 heterocycles. The molecule has 0 unspecified atom stereocenters. The SMILES string of the molecule is O=C1C/C(=C\c2ccc(O)cc2)C(=O)N1.O=C1C/C(=C\c2ccc(O)cc2)C(=O)N1. The number of hydrogen-bond donors (Lipinski definition) is 4. The largest absolute Gasteiger partial charge is 0.508 e.